The zero-order valence-corrected chi connectivity index (χ0v) is 9.53. The minimum Gasteiger partial charge on any atom is -0.372 e. The SMILES string of the molecule is C[C@H]1CN(C2=CC(=O)CCC2)C[C@H](C)O1. The number of ketones is 1. The number of carbonyl (C=O) groups excluding carboxylic acids is 1. The molecule has 0 unspecified atom stereocenters. The molecule has 1 heterocycles. The van der Waals surface area contributed by atoms with Crippen LogP contribution in [0.4, 0.5) is 0 Å². The maximum absolute atomic E-state index is 11.3. The van der Waals surface area contributed by atoms with Gasteiger partial charge >= 0.3 is 0 Å². The molecule has 0 amide bonds. The highest BCUT2D eigenvalue weighted by Gasteiger charge is 2.25. The largest absolute Gasteiger partial charge is 0.372 e. The Kier molecular flexibility index (Phi) is 3.10. The molecule has 0 spiro atoms. The molecule has 2 atom stereocenters. The Bertz CT molecular complexity index is 275. The monoisotopic (exact) mass is 209 g/mol. The third kappa shape index (κ3) is 2.59. The summed E-state index contributed by atoms with van der Waals surface area (Å²) in [5.41, 5.74) is 1.22. The first-order valence-electron chi connectivity index (χ1n) is 5.79. The predicted octanol–water partition coefficient (Wildman–Crippen LogP) is 1.73. The number of nitrogens with zero attached hydrogens (tertiary/aromatic N) is 1. The van der Waals surface area contributed by atoms with Crippen molar-refractivity contribution in [3.63, 3.8) is 0 Å². The van der Waals surface area contributed by atoms with Crippen LogP contribution >= 0.6 is 0 Å². The molecule has 2 aliphatic rings. The predicted molar refractivity (Wildman–Crippen MR) is 58.5 cm³/mol. The number of ether oxygens (including phenoxy) is 1. The topological polar surface area (TPSA) is 29.5 Å². The first kappa shape index (κ1) is 10.7. The average molecular weight is 209 g/mol. The molecule has 1 aliphatic carbocycles. The molecule has 0 radical (unpaired) electrons. The van der Waals surface area contributed by atoms with Crippen LogP contribution in [0, 0.1) is 0 Å². The third-order valence-corrected chi connectivity index (χ3v) is 3.01. The Labute approximate surface area is 91.1 Å². The summed E-state index contributed by atoms with van der Waals surface area (Å²) in [6.07, 6.45) is 5.14. The lowest BCUT2D eigenvalue weighted by Gasteiger charge is -2.38. The fourth-order valence-electron chi connectivity index (χ4n) is 2.44. The highest BCUT2D eigenvalue weighted by atomic mass is 16.5. The normalized spacial score (nSPS) is 32.8. The van der Waals surface area contributed by atoms with Gasteiger partial charge in [0.15, 0.2) is 5.78 Å². The Hall–Kier alpha value is -0.830. The van der Waals surface area contributed by atoms with Crippen molar-refractivity contribution < 1.29 is 9.53 Å². The molecule has 1 aliphatic heterocycles. The van der Waals surface area contributed by atoms with Gasteiger partial charge in [-0.3, -0.25) is 4.79 Å². The summed E-state index contributed by atoms with van der Waals surface area (Å²) in [5.74, 6) is 0.281. The molecule has 1 fully saturated rings. The van der Waals surface area contributed by atoms with Crippen LogP contribution in [0.5, 0.6) is 0 Å². The number of hydrogen-bond donors (Lipinski definition) is 0. The average Bonchev–Trinajstić information content (AvgIpc) is 2.16. The number of carbonyl (C=O) groups is 1. The van der Waals surface area contributed by atoms with E-state index in [4.69, 9.17) is 4.74 Å². The van der Waals surface area contributed by atoms with Gasteiger partial charge in [0.25, 0.3) is 0 Å². The molecule has 0 aromatic heterocycles. The summed E-state index contributed by atoms with van der Waals surface area (Å²) in [6, 6.07) is 0. The lowest BCUT2D eigenvalue weighted by atomic mass is 10.0. The summed E-state index contributed by atoms with van der Waals surface area (Å²) >= 11 is 0. The van der Waals surface area contributed by atoms with Crippen LogP contribution in [0.1, 0.15) is 33.1 Å². The van der Waals surface area contributed by atoms with E-state index < -0.39 is 0 Å². The van der Waals surface area contributed by atoms with Crippen molar-refractivity contribution in [2.45, 2.75) is 45.3 Å². The van der Waals surface area contributed by atoms with Gasteiger partial charge in [-0.25, -0.2) is 0 Å². The smallest absolute Gasteiger partial charge is 0.157 e. The molecule has 0 aromatic carbocycles. The number of rotatable bonds is 1. The first-order valence-corrected chi connectivity index (χ1v) is 5.79. The number of allylic oxidation sites excluding steroid dienone is 2. The van der Waals surface area contributed by atoms with Gasteiger partial charge in [-0.05, 0) is 26.7 Å². The van der Waals surface area contributed by atoms with Crippen molar-refractivity contribution >= 4 is 5.78 Å². The molecule has 3 nitrogen and oxygen atoms in total. The van der Waals surface area contributed by atoms with Crippen LogP contribution in [-0.2, 0) is 9.53 Å². The molecule has 0 N–H and O–H groups in total. The fourth-order valence-corrected chi connectivity index (χ4v) is 2.44. The Balaban J connectivity index is 2.06. The van der Waals surface area contributed by atoms with E-state index in [1.807, 2.05) is 6.08 Å². The van der Waals surface area contributed by atoms with Crippen LogP contribution in [0.15, 0.2) is 11.8 Å². The molecule has 0 saturated carbocycles. The Morgan fingerprint density at radius 1 is 1.27 bits per heavy atom. The van der Waals surface area contributed by atoms with Gasteiger partial charge in [0.2, 0.25) is 0 Å². The molecule has 1 saturated heterocycles. The summed E-state index contributed by atoms with van der Waals surface area (Å²) in [5, 5.41) is 0. The fraction of sp³-hybridized carbons (Fsp3) is 0.750. The Morgan fingerprint density at radius 3 is 2.53 bits per heavy atom. The molecular weight excluding hydrogens is 190 g/mol. The standard InChI is InChI=1S/C12H19NO2/c1-9-7-13(8-10(2)15-9)11-4-3-5-12(14)6-11/h6,9-10H,3-5,7-8H2,1-2H3/t9-,10-/m0/s1. The van der Waals surface area contributed by atoms with Crippen LogP contribution < -0.4 is 0 Å². The van der Waals surface area contributed by atoms with Crippen molar-refractivity contribution in [2.24, 2.45) is 0 Å². The lowest BCUT2D eigenvalue weighted by Crippen LogP contribution is -2.45. The van der Waals surface area contributed by atoms with E-state index >= 15 is 0 Å². The molecule has 84 valence electrons. The van der Waals surface area contributed by atoms with E-state index in [9.17, 15) is 4.79 Å². The van der Waals surface area contributed by atoms with Crippen molar-refractivity contribution in [1.82, 2.24) is 4.90 Å². The minimum absolute atomic E-state index is 0.270. The van der Waals surface area contributed by atoms with Crippen molar-refractivity contribution in [3.05, 3.63) is 11.8 Å². The van der Waals surface area contributed by atoms with Crippen molar-refractivity contribution in [1.29, 1.82) is 0 Å². The third-order valence-electron chi connectivity index (χ3n) is 3.01. The summed E-state index contributed by atoms with van der Waals surface area (Å²) < 4.78 is 5.68. The molecule has 0 bridgehead atoms. The van der Waals surface area contributed by atoms with Gasteiger partial charge in [0, 0.05) is 31.3 Å². The highest BCUT2D eigenvalue weighted by Crippen LogP contribution is 2.23. The molecule has 0 aromatic rings. The Morgan fingerprint density at radius 2 is 1.93 bits per heavy atom. The van der Waals surface area contributed by atoms with Crippen molar-refractivity contribution in [3.8, 4) is 0 Å². The maximum atomic E-state index is 11.3. The molecule has 3 heteroatoms. The van der Waals surface area contributed by atoms with Gasteiger partial charge in [-0.1, -0.05) is 0 Å². The van der Waals surface area contributed by atoms with Crippen LogP contribution in [0.25, 0.3) is 0 Å². The second-order valence-corrected chi connectivity index (χ2v) is 4.62. The van der Waals surface area contributed by atoms with Gasteiger partial charge in [-0.2, -0.15) is 0 Å². The van der Waals surface area contributed by atoms with E-state index in [-0.39, 0.29) is 18.0 Å². The summed E-state index contributed by atoms with van der Waals surface area (Å²) in [7, 11) is 0. The number of hydrogen-bond acceptors (Lipinski definition) is 3. The van der Waals surface area contributed by atoms with E-state index in [1.54, 1.807) is 0 Å². The van der Waals surface area contributed by atoms with E-state index in [1.165, 1.54) is 5.70 Å². The maximum Gasteiger partial charge on any atom is 0.157 e. The van der Waals surface area contributed by atoms with Crippen LogP contribution in [0.3, 0.4) is 0 Å². The van der Waals surface area contributed by atoms with E-state index in [0.717, 1.165) is 32.4 Å². The lowest BCUT2D eigenvalue weighted by molar-refractivity contribution is -0.115. The zero-order chi connectivity index (χ0) is 10.8. The molecule has 15 heavy (non-hydrogen) atoms. The molecular formula is C12H19NO2. The van der Waals surface area contributed by atoms with E-state index in [0.29, 0.717) is 0 Å². The minimum atomic E-state index is 0.270. The quantitative estimate of drug-likeness (QED) is 0.658. The van der Waals surface area contributed by atoms with Crippen LogP contribution in [-0.4, -0.2) is 36.0 Å². The van der Waals surface area contributed by atoms with Crippen molar-refractivity contribution in [2.75, 3.05) is 13.1 Å². The van der Waals surface area contributed by atoms with Crippen LogP contribution in [0.2, 0.25) is 0 Å². The van der Waals surface area contributed by atoms with Gasteiger partial charge in [0.05, 0.1) is 12.2 Å². The van der Waals surface area contributed by atoms with Gasteiger partial charge in [0.1, 0.15) is 0 Å². The highest BCUT2D eigenvalue weighted by molar-refractivity contribution is 5.91. The summed E-state index contributed by atoms with van der Waals surface area (Å²) in [6.45, 7) is 6.02. The number of morpholine rings is 1. The molecule has 2 rings (SSSR count). The zero-order valence-electron chi connectivity index (χ0n) is 9.53. The second kappa shape index (κ2) is 4.35. The van der Waals surface area contributed by atoms with E-state index in [2.05, 4.69) is 18.7 Å². The first-order chi connectivity index (χ1) is 7.15. The van der Waals surface area contributed by atoms with Gasteiger partial charge < -0.3 is 9.64 Å². The summed E-state index contributed by atoms with van der Waals surface area (Å²) in [4.78, 5) is 13.7. The van der Waals surface area contributed by atoms with Gasteiger partial charge in [-0.15, -0.1) is 0 Å². The second-order valence-electron chi connectivity index (χ2n) is 4.62.